The number of aliphatic hydroxyl groups is 1. The van der Waals surface area contributed by atoms with Crippen LogP contribution in [-0.2, 0) is 20.8 Å². The van der Waals surface area contributed by atoms with Crippen LogP contribution in [0, 0.1) is 23.7 Å². The number of benzene rings is 1. The summed E-state index contributed by atoms with van der Waals surface area (Å²) in [7, 11) is 0. The first-order chi connectivity index (χ1) is 13.9. The molecule has 0 amide bonds. The number of carbonyl (C=O) groups excluding carboxylic acids is 4. The Morgan fingerprint density at radius 3 is 2.59 bits per heavy atom. The maximum atomic E-state index is 12.8. The summed E-state index contributed by atoms with van der Waals surface area (Å²) in [6.45, 7) is 3.42. The van der Waals surface area contributed by atoms with Crippen LogP contribution in [-0.4, -0.2) is 41.5 Å². The maximum Gasteiger partial charge on any atom is 0.167 e. The lowest BCUT2D eigenvalue weighted by atomic mass is 9.67. The molecule has 1 aromatic rings. The summed E-state index contributed by atoms with van der Waals surface area (Å²) in [5, 5.41) is 9.75. The van der Waals surface area contributed by atoms with Crippen LogP contribution < -0.4 is 4.74 Å². The van der Waals surface area contributed by atoms with E-state index in [1.54, 1.807) is 0 Å². The largest absolute Gasteiger partial charge is 0.493 e. The van der Waals surface area contributed by atoms with Crippen molar-refractivity contribution in [3.8, 4) is 5.75 Å². The van der Waals surface area contributed by atoms with Gasteiger partial charge in [-0.3, -0.25) is 19.2 Å². The molecular formula is C23H28O6. The molecule has 0 spiro atoms. The third-order valence-corrected chi connectivity index (χ3v) is 6.08. The van der Waals surface area contributed by atoms with Crippen molar-refractivity contribution in [3.63, 3.8) is 0 Å². The van der Waals surface area contributed by atoms with E-state index in [0.717, 1.165) is 12.0 Å². The van der Waals surface area contributed by atoms with Gasteiger partial charge in [0.15, 0.2) is 17.3 Å². The summed E-state index contributed by atoms with van der Waals surface area (Å²) < 4.78 is 5.73. The summed E-state index contributed by atoms with van der Waals surface area (Å²) in [5.74, 6) is -2.98. The first kappa shape index (κ1) is 21.4. The van der Waals surface area contributed by atoms with Crippen molar-refractivity contribution in [3.05, 3.63) is 29.3 Å². The Morgan fingerprint density at radius 1 is 1.17 bits per heavy atom. The quantitative estimate of drug-likeness (QED) is 0.707. The molecule has 29 heavy (non-hydrogen) atoms. The van der Waals surface area contributed by atoms with E-state index >= 15 is 0 Å². The highest BCUT2D eigenvalue weighted by Gasteiger charge is 2.45. The fraction of sp³-hybridized carbons (Fsp3) is 0.565. The Morgan fingerprint density at radius 2 is 1.93 bits per heavy atom. The van der Waals surface area contributed by atoms with Crippen LogP contribution in [0.3, 0.4) is 0 Å². The molecule has 156 valence electrons. The van der Waals surface area contributed by atoms with Gasteiger partial charge in [-0.2, -0.15) is 0 Å². The zero-order valence-corrected chi connectivity index (χ0v) is 17.0. The predicted octanol–water partition coefficient (Wildman–Crippen LogP) is 2.58. The molecule has 0 bridgehead atoms. The molecule has 1 N–H and O–H groups in total. The first-order valence-electron chi connectivity index (χ1n) is 10.3. The molecule has 0 aliphatic heterocycles. The average Bonchev–Trinajstić information content (AvgIpc) is 2.65. The number of hydrogen-bond acceptors (Lipinski definition) is 6. The van der Waals surface area contributed by atoms with Gasteiger partial charge in [-0.15, -0.1) is 0 Å². The molecule has 3 rings (SSSR count). The Balaban J connectivity index is 1.77. The predicted molar refractivity (Wildman–Crippen MR) is 106 cm³/mol. The fourth-order valence-electron chi connectivity index (χ4n) is 4.77. The van der Waals surface area contributed by atoms with E-state index in [4.69, 9.17) is 4.74 Å². The Kier molecular flexibility index (Phi) is 6.63. The third kappa shape index (κ3) is 4.32. The molecular weight excluding hydrogens is 372 g/mol. The molecule has 1 fully saturated rings. The zero-order chi connectivity index (χ0) is 21.1. The van der Waals surface area contributed by atoms with E-state index in [0.29, 0.717) is 37.2 Å². The molecule has 4 unspecified atom stereocenters. The minimum Gasteiger partial charge on any atom is -0.493 e. The van der Waals surface area contributed by atoms with E-state index in [1.165, 1.54) is 6.92 Å². The molecule has 0 aromatic heterocycles. The third-order valence-electron chi connectivity index (χ3n) is 6.08. The molecule has 0 saturated heterocycles. The number of aliphatic hydroxyl groups excluding tert-OH is 1. The highest BCUT2D eigenvalue weighted by molar-refractivity contribution is 6.20. The first-order valence-corrected chi connectivity index (χ1v) is 10.3. The van der Waals surface area contributed by atoms with Crippen LogP contribution in [0.2, 0.25) is 0 Å². The van der Waals surface area contributed by atoms with Gasteiger partial charge >= 0.3 is 0 Å². The second-order valence-electron chi connectivity index (χ2n) is 8.24. The van der Waals surface area contributed by atoms with E-state index in [9.17, 15) is 24.3 Å². The van der Waals surface area contributed by atoms with Gasteiger partial charge in [-0.1, -0.05) is 19.1 Å². The van der Waals surface area contributed by atoms with E-state index in [2.05, 4.69) is 0 Å². The highest BCUT2D eigenvalue weighted by Crippen LogP contribution is 2.39. The monoisotopic (exact) mass is 400 g/mol. The van der Waals surface area contributed by atoms with Gasteiger partial charge in [0.05, 0.1) is 18.8 Å². The number of hydrogen-bond donors (Lipinski definition) is 1. The average molecular weight is 400 g/mol. The van der Waals surface area contributed by atoms with Crippen molar-refractivity contribution >= 4 is 23.1 Å². The number of fused-ring (bicyclic) bond motifs is 1. The molecule has 6 nitrogen and oxygen atoms in total. The summed E-state index contributed by atoms with van der Waals surface area (Å²) in [5.41, 5.74) is 1.57. The van der Waals surface area contributed by atoms with Gasteiger partial charge < -0.3 is 9.84 Å². The van der Waals surface area contributed by atoms with Gasteiger partial charge in [-0.25, -0.2) is 0 Å². The minimum absolute atomic E-state index is 0.00930. The molecule has 1 saturated carbocycles. The molecule has 2 aliphatic carbocycles. The number of ether oxygens (including phenoxy) is 1. The molecule has 6 heteroatoms. The SMILES string of the molecule is CCCOc1cccc2c1C(=O)CC(CC1CC(=O)C(C(C)=O)C(=O)C1CO)C2. The van der Waals surface area contributed by atoms with Gasteiger partial charge in [0.1, 0.15) is 17.5 Å². The van der Waals surface area contributed by atoms with Crippen molar-refractivity contribution in [2.24, 2.45) is 23.7 Å². The number of carbonyl (C=O) groups is 4. The molecule has 0 heterocycles. The molecule has 2 aliphatic rings. The maximum absolute atomic E-state index is 12.8. The number of rotatable bonds is 7. The van der Waals surface area contributed by atoms with Crippen molar-refractivity contribution in [2.75, 3.05) is 13.2 Å². The van der Waals surface area contributed by atoms with Crippen molar-refractivity contribution in [2.45, 2.75) is 46.0 Å². The molecule has 4 atom stereocenters. The lowest BCUT2D eigenvalue weighted by Gasteiger charge is -2.35. The van der Waals surface area contributed by atoms with Gasteiger partial charge in [0, 0.05) is 18.8 Å². The topological polar surface area (TPSA) is 97.7 Å². The van der Waals surface area contributed by atoms with Gasteiger partial charge in [0.25, 0.3) is 0 Å². The number of ketones is 4. The normalized spacial score (nSPS) is 26.9. The van der Waals surface area contributed by atoms with Crippen molar-refractivity contribution < 1.29 is 29.0 Å². The Bertz CT molecular complexity index is 827. The second-order valence-corrected chi connectivity index (χ2v) is 8.24. The second kappa shape index (κ2) is 8.99. The van der Waals surface area contributed by atoms with Gasteiger partial charge in [0.2, 0.25) is 0 Å². The fourth-order valence-corrected chi connectivity index (χ4v) is 4.77. The van der Waals surface area contributed by atoms with Crippen LogP contribution in [0.25, 0.3) is 0 Å². The highest BCUT2D eigenvalue weighted by atomic mass is 16.5. The zero-order valence-electron chi connectivity index (χ0n) is 17.0. The van der Waals surface area contributed by atoms with Crippen LogP contribution in [0.5, 0.6) is 5.75 Å². The van der Waals surface area contributed by atoms with Crippen LogP contribution in [0.15, 0.2) is 18.2 Å². The lowest BCUT2D eigenvalue weighted by Crippen LogP contribution is -2.46. The van der Waals surface area contributed by atoms with Crippen LogP contribution in [0.4, 0.5) is 0 Å². The Hall–Kier alpha value is -2.34. The summed E-state index contributed by atoms with van der Waals surface area (Å²) >= 11 is 0. The molecule has 0 radical (unpaired) electrons. The van der Waals surface area contributed by atoms with E-state index in [-0.39, 0.29) is 36.4 Å². The number of Topliss-reactive ketones (excluding diaryl/α,β-unsaturated/α-hetero) is 4. The summed E-state index contributed by atoms with van der Waals surface area (Å²) in [6.07, 6.45) is 2.44. The Labute approximate surface area is 170 Å². The van der Waals surface area contributed by atoms with Crippen LogP contribution in [0.1, 0.15) is 55.5 Å². The van der Waals surface area contributed by atoms with E-state index in [1.807, 2.05) is 25.1 Å². The van der Waals surface area contributed by atoms with Crippen molar-refractivity contribution in [1.82, 2.24) is 0 Å². The minimum atomic E-state index is -1.24. The smallest absolute Gasteiger partial charge is 0.167 e. The molecule has 1 aromatic carbocycles. The standard InChI is InChI=1S/C23H28O6/c1-3-7-29-20-6-4-5-15-8-14(10-18(26)22(15)20)9-16-11-19(27)21(13(2)25)23(28)17(16)12-24/h4-6,14,16-17,21,24H,3,7-12H2,1-2H3. The summed E-state index contributed by atoms with van der Waals surface area (Å²) in [4.78, 5) is 49.5. The van der Waals surface area contributed by atoms with Crippen LogP contribution >= 0.6 is 0 Å². The summed E-state index contributed by atoms with van der Waals surface area (Å²) in [6, 6.07) is 5.61. The van der Waals surface area contributed by atoms with Crippen molar-refractivity contribution in [1.29, 1.82) is 0 Å². The van der Waals surface area contributed by atoms with E-state index < -0.39 is 23.4 Å². The lowest BCUT2D eigenvalue weighted by molar-refractivity contribution is -0.147. The van der Waals surface area contributed by atoms with Gasteiger partial charge in [-0.05, 0) is 49.7 Å².